The van der Waals surface area contributed by atoms with Crippen LogP contribution >= 0.6 is 11.6 Å². The fourth-order valence-corrected chi connectivity index (χ4v) is 3.04. The molecule has 2 aromatic carbocycles. The number of aromatic nitrogens is 2. The van der Waals surface area contributed by atoms with Crippen LogP contribution in [0.25, 0.3) is 5.69 Å². The Hall–Kier alpha value is -2.59. The van der Waals surface area contributed by atoms with E-state index in [1.165, 1.54) is 0 Å². The maximum atomic E-state index is 13.2. The molecule has 0 saturated carbocycles. The number of carbonyl (C=O) groups is 1. The van der Waals surface area contributed by atoms with Crippen LogP contribution in [0.2, 0.25) is 5.02 Å². The minimum absolute atomic E-state index is 0.0313. The van der Waals surface area contributed by atoms with Crippen molar-refractivity contribution in [3.8, 4) is 5.69 Å². The Labute approximate surface area is 152 Å². The molecule has 1 heterocycles. The van der Waals surface area contributed by atoms with Gasteiger partial charge in [-0.25, -0.2) is 4.68 Å². The van der Waals surface area contributed by atoms with Gasteiger partial charge in [0, 0.05) is 16.8 Å². The highest BCUT2D eigenvalue weighted by molar-refractivity contribution is 6.30. The third-order valence-corrected chi connectivity index (χ3v) is 4.30. The Balaban J connectivity index is 2.00. The van der Waals surface area contributed by atoms with Gasteiger partial charge >= 0.3 is 0 Å². The van der Waals surface area contributed by atoms with Crippen molar-refractivity contribution in [3.63, 3.8) is 0 Å². The molecule has 0 fully saturated rings. The van der Waals surface area contributed by atoms with Gasteiger partial charge in [-0.15, -0.1) is 0 Å². The summed E-state index contributed by atoms with van der Waals surface area (Å²) in [6, 6.07) is 17.1. The van der Waals surface area contributed by atoms with Crippen molar-refractivity contribution in [2.45, 2.75) is 26.8 Å². The summed E-state index contributed by atoms with van der Waals surface area (Å²) < 4.78 is 1.74. The summed E-state index contributed by atoms with van der Waals surface area (Å²) in [6.07, 6.45) is 1.62. The third-order valence-electron chi connectivity index (χ3n) is 4.06. The van der Waals surface area contributed by atoms with Gasteiger partial charge in [-0.1, -0.05) is 35.9 Å². The van der Waals surface area contributed by atoms with E-state index in [1.807, 2.05) is 75.4 Å². The number of para-hydroxylation sites is 1. The van der Waals surface area contributed by atoms with Gasteiger partial charge in [0.15, 0.2) is 0 Å². The molecular weight excluding hydrogens is 334 g/mol. The second-order valence-electron chi connectivity index (χ2n) is 6.14. The van der Waals surface area contributed by atoms with E-state index < -0.39 is 0 Å². The summed E-state index contributed by atoms with van der Waals surface area (Å²) in [5.41, 5.74) is 3.07. The Morgan fingerprint density at radius 2 is 1.84 bits per heavy atom. The van der Waals surface area contributed by atoms with Crippen LogP contribution in [0.1, 0.15) is 29.9 Å². The van der Waals surface area contributed by atoms with E-state index in [2.05, 4.69) is 5.10 Å². The molecule has 0 radical (unpaired) electrons. The molecule has 0 bridgehead atoms. The second kappa shape index (κ2) is 7.11. The zero-order valence-electron chi connectivity index (χ0n) is 14.5. The second-order valence-corrected chi connectivity index (χ2v) is 6.58. The summed E-state index contributed by atoms with van der Waals surface area (Å²) in [5, 5.41) is 5.03. The highest BCUT2D eigenvalue weighted by Gasteiger charge is 2.24. The minimum atomic E-state index is -0.0630. The van der Waals surface area contributed by atoms with Crippen molar-refractivity contribution in [1.29, 1.82) is 0 Å². The number of carbonyl (C=O) groups excluding carboxylic acids is 1. The molecular formula is C20H20ClN3O. The predicted octanol–water partition coefficient (Wildman–Crippen LogP) is 4.89. The van der Waals surface area contributed by atoms with Crippen LogP contribution in [0.3, 0.4) is 0 Å². The van der Waals surface area contributed by atoms with E-state index in [9.17, 15) is 4.79 Å². The molecule has 0 aliphatic rings. The third kappa shape index (κ3) is 3.44. The zero-order chi connectivity index (χ0) is 18.0. The highest BCUT2D eigenvalue weighted by Crippen LogP contribution is 2.23. The smallest absolute Gasteiger partial charge is 0.261 e. The summed E-state index contributed by atoms with van der Waals surface area (Å²) in [7, 11) is 0. The zero-order valence-corrected chi connectivity index (χ0v) is 15.2. The minimum Gasteiger partial charge on any atom is -0.306 e. The molecule has 0 unspecified atom stereocenters. The van der Waals surface area contributed by atoms with Crippen LogP contribution in [0.15, 0.2) is 60.8 Å². The largest absolute Gasteiger partial charge is 0.306 e. The number of hydrogen-bond donors (Lipinski definition) is 0. The molecule has 5 heteroatoms. The lowest BCUT2D eigenvalue weighted by molar-refractivity contribution is 0.0979. The first kappa shape index (κ1) is 17.2. The molecule has 0 atom stereocenters. The number of hydrogen-bond acceptors (Lipinski definition) is 2. The van der Waals surface area contributed by atoms with E-state index in [-0.39, 0.29) is 11.9 Å². The molecule has 0 spiro atoms. The van der Waals surface area contributed by atoms with Gasteiger partial charge in [-0.3, -0.25) is 4.79 Å². The number of nitrogens with zero attached hydrogens (tertiary/aromatic N) is 3. The lowest BCUT2D eigenvalue weighted by atomic mass is 10.1. The molecule has 0 aliphatic heterocycles. The van der Waals surface area contributed by atoms with Crippen molar-refractivity contribution in [2.24, 2.45) is 0 Å². The first-order valence-corrected chi connectivity index (χ1v) is 8.56. The van der Waals surface area contributed by atoms with Gasteiger partial charge in [0.2, 0.25) is 0 Å². The Morgan fingerprint density at radius 3 is 2.48 bits per heavy atom. The Kier molecular flexibility index (Phi) is 4.91. The number of benzene rings is 2. The summed E-state index contributed by atoms with van der Waals surface area (Å²) in [6.45, 7) is 5.90. The van der Waals surface area contributed by atoms with E-state index in [4.69, 9.17) is 11.6 Å². The van der Waals surface area contributed by atoms with Crippen LogP contribution in [0.4, 0.5) is 5.69 Å². The number of anilines is 1. The van der Waals surface area contributed by atoms with Crippen molar-refractivity contribution in [1.82, 2.24) is 9.78 Å². The van der Waals surface area contributed by atoms with Crippen LogP contribution in [0, 0.1) is 6.92 Å². The van der Waals surface area contributed by atoms with Gasteiger partial charge < -0.3 is 4.90 Å². The van der Waals surface area contributed by atoms with Crippen LogP contribution in [-0.2, 0) is 0 Å². The highest BCUT2D eigenvalue weighted by atomic mass is 35.5. The molecule has 1 aromatic heterocycles. The normalized spacial score (nSPS) is 10.9. The molecule has 3 rings (SSSR count). The molecule has 25 heavy (non-hydrogen) atoms. The van der Waals surface area contributed by atoms with Crippen molar-refractivity contribution in [3.05, 3.63) is 77.1 Å². The van der Waals surface area contributed by atoms with Crippen molar-refractivity contribution >= 4 is 23.2 Å². The SMILES string of the molecule is Cc1c(C(=O)N(c2ccccc2)C(C)C)cnn1-c1cccc(Cl)c1. The van der Waals surface area contributed by atoms with Gasteiger partial charge in [-0.05, 0) is 51.1 Å². The molecule has 4 nitrogen and oxygen atoms in total. The van der Waals surface area contributed by atoms with Gasteiger partial charge in [0.1, 0.15) is 0 Å². The standard InChI is InChI=1S/C20H20ClN3O/c1-14(2)23(17-9-5-4-6-10-17)20(25)19-13-22-24(15(19)3)18-11-7-8-16(21)12-18/h4-14H,1-3H3. The average Bonchev–Trinajstić information content (AvgIpc) is 2.97. The Bertz CT molecular complexity index is 887. The topological polar surface area (TPSA) is 38.1 Å². The van der Waals surface area contributed by atoms with Gasteiger partial charge in [0.25, 0.3) is 5.91 Å². The number of halogens is 1. The maximum absolute atomic E-state index is 13.2. The summed E-state index contributed by atoms with van der Waals surface area (Å²) in [5.74, 6) is -0.0630. The lowest BCUT2D eigenvalue weighted by Gasteiger charge is -2.26. The van der Waals surface area contributed by atoms with E-state index in [0.717, 1.165) is 17.1 Å². The number of rotatable bonds is 4. The summed E-state index contributed by atoms with van der Waals surface area (Å²) >= 11 is 6.07. The molecule has 0 aliphatic carbocycles. The van der Waals surface area contributed by atoms with Crippen molar-refractivity contribution < 1.29 is 4.79 Å². The lowest BCUT2D eigenvalue weighted by Crippen LogP contribution is -2.37. The molecule has 1 amide bonds. The van der Waals surface area contributed by atoms with E-state index >= 15 is 0 Å². The van der Waals surface area contributed by atoms with E-state index in [0.29, 0.717) is 10.6 Å². The quantitative estimate of drug-likeness (QED) is 0.669. The van der Waals surface area contributed by atoms with Crippen LogP contribution < -0.4 is 4.90 Å². The van der Waals surface area contributed by atoms with Crippen LogP contribution in [-0.4, -0.2) is 21.7 Å². The van der Waals surface area contributed by atoms with Crippen molar-refractivity contribution in [2.75, 3.05) is 4.90 Å². The fraction of sp³-hybridized carbons (Fsp3) is 0.200. The number of amides is 1. The molecule has 0 N–H and O–H groups in total. The van der Waals surface area contributed by atoms with Gasteiger partial charge in [-0.2, -0.15) is 5.10 Å². The molecule has 3 aromatic rings. The monoisotopic (exact) mass is 353 g/mol. The fourth-order valence-electron chi connectivity index (χ4n) is 2.86. The van der Waals surface area contributed by atoms with Crippen LogP contribution in [0.5, 0.6) is 0 Å². The van der Waals surface area contributed by atoms with E-state index in [1.54, 1.807) is 15.8 Å². The molecule has 0 saturated heterocycles. The first-order valence-electron chi connectivity index (χ1n) is 8.18. The Morgan fingerprint density at radius 1 is 1.12 bits per heavy atom. The average molecular weight is 354 g/mol. The summed E-state index contributed by atoms with van der Waals surface area (Å²) in [4.78, 5) is 14.9. The van der Waals surface area contributed by atoms with Gasteiger partial charge in [0.05, 0.1) is 23.1 Å². The molecule has 128 valence electrons. The maximum Gasteiger partial charge on any atom is 0.261 e. The first-order chi connectivity index (χ1) is 12.0. The predicted molar refractivity (Wildman–Crippen MR) is 102 cm³/mol.